The van der Waals surface area contributed by atoms with E-state index in [0.717, 1.165) is 29.7 Å². The van der Waals surface area contributed by atoms with Crippen LogP contribution >= 0.6 is 0 Å². The van der Waals surface area contributed by atoms with Crippen molar-refractivity contribution >= 4 is 23.1 Å². The highest BCUT2D eigenvalue weighted by molar-refractivity contribution is 6.51. The number of aliphatic hydroxyl groups excluding tert-OH is 1. The van der Waals surface area contributed by atoms with E-state index in [-0.39, 0.29) is 22.8 Å². The number of phenols is 1. The second-order valence-corrected chi connectivity index (χ2v) is 9.62. The molecule has 7 heteroatoms. The molecule has 2 heterocycles. The number of rotatable bonds is 5. The molecule has 0 spiro atoms. The summed E-state index contributed by atoms with van der Waals surface area (Å²) in [5.41, 5.74) is 3.40. The zero-order valence-electron chi connectivity index (χ0n) is 21.0. The van der Waals surface area contributed by atoms with Gasteiger partial charge in [0.15, 0.2) is 11.5 Å². The number of benzene rings is 3. The first-order valence-electron chi connectivity index (χ1n) is 12.3. The fraction of sp³-hybridized carbons (Fsp3) is 0.267. The van der Waals surface area contributed by atoms with E-state index >= 15 is 0 Å². The number of amides is 1. The number of carbonyl (C=O) groups is 2. The van der Waals surface area contributed by atoms with Crippen LogP contribution in [-0.4, -0.2) is 35.6 Å². The van der Waals surface area contributed by atoms with Crippen molar-refractivity contribution < 1.29 is 29.3 Å². The monoisotopic (exact) mass is 499 g/mol. The first-order valence-corrected chi connectivity index (χ1v) is 12.3. The van der Waals surface area contributed by atoms with Gasteiger partial charge in [0.2, 0.25) is 0 Å². The molecule has 3 aromatic rings. The summed E-state index contributed by atoms with van der Waals surface area (Å²) in [5, 5.41) is 22.0. The number of ether oxygens (including phenoxy) is 2. The summed E-state index contributed by atoms with van der Waals surface area (Å²) in [6, 6.07) is 16.5. The van der Waals surface area contributed by atoms with Gasteiger partial charge in [-0.15, -0.1) is 0 Å². The summed E-state index contributed by atoms with van der Waals surface area (Å²) in [4.78, 5) is 28.2. The molecule has 190 valence electrons. The molecule has 2 aliphatic heterocycles. The van der Waals surface area contributed by atoms with Gasteiger partial charge in [0.1, 0.15) is 11.5 Å². The Balaban J connectivity index is 1.68. The molecule has 2 N–H and O–H groups in total. The van der Waals surface area contributed by atoms with Gasteiger partial charge in [-0.05, 0) is 77.9 Å². The van der Waals surface area contributed by atoms with Crippen molar-refractivity contribution in [2.24, 2.45) is 0 Å². The number of aromatic hydroxyl groups is 1. The van der Waals surface area contributed by atoms with Crippen molar-refractivity contribution in [3.05, 3.63) is 88.5 Å². The molecular formula is C30H29NO6. The highest BCUT2D eigenvalue weighted by Crippen LogP contribution is 2.44. The first kappa shape index (κ1) is 24.4. The molecule has 0 aromatic heterocycles. The quantitative estimate of drug-likeness (QED) is 0.274. The van der Waals surface area contributed by atoms with Crippen molar-refractivity contribution in [3.63, 3.8) is 0 Å². The molecule has 1 fully saturated rings. The van der Waals surface area contributed by atoms with Crippen molar-refractivity contribution in [1.82, 2.24) is 0 Å². The third-order valence-electron chi connectivity index (χ3n) is 6.98. The SMILES string of the molecule is COc1ccc(C2/C(=C(/O)c3ccc4c(c3)CCCO4)C(=O)C(=O)N2c2ccc(C(C)C)cc2)cc1O. The van der Waals surface area contributed by atoms with Crippen LogP contribution in [0.1, 0.15) is 54.5 Å². The second kappa shape index (κ2) is 9.65. The predicted molar refractivity (Wildman–Crippen MR) is 140 cm³/mol. The van der Waals surface area contributed by atoms with Gasteiger partial charge in [-0.3, -0.25) is 14.5 Å². The number of phenolic OH excluding ortho intramolecular Hbond substituents is 1. The molecule has 0 aliphatic carbocycles. The van der Waals surface area contributed by atoms with Crippen LogP contribution in [0.25, 0.3) is 5.76 Å². The molecule has 0 radical (unpaired) electrons. The molecule has 7 nitrogen and oxygen atoms in total. The molecule has 2 aliphatic rings. The van der Waals surface area contributed by atoms with E-state index < -0.39 is 17.7 Å². The Bertz CT molecular complexity index is 1410. The lowest BCUT2D eigenvalue weighted by Gasteiger charge is -2.26. The molecule has 3 aromatic carbocycles. The van der Waals surface area contributed by atoms with Crippen molar-refractivity contribution in [2.45, 2.75) is 38.6 Å². The van der Waals surface area contributed by atoms with E-state index in [1.165, 1.54) is 18.1 Å². The second-order valence-electron chi connectivity index (χ2n) is 9.62. The number of fused-ring (bicyclic) bond motifs is 1. The van der Waals surface area contributed by atoms with Crippen LogP contribution < -0.4 is 14.4 Å². The van der Waals surface area contributed by atoms with E-state index in [1.807, 2.05) is 12.1 Å². The lowest BCUT2D eigenvalue weighted by atomic mass is 9.93. The molecule has 1 unspecified atom stereocenters. The number of hydrogen-bond acceptors (Lipinski definition) is 6. The van der Waals surface area contributed by atoms with Crippen molar-refractivity contribution in [3.8, 4) is 17.2 Å². The number of nitrogens with zero attached hydrogens (tertiary/aromatic N) is 1. The van der Waals surface area contributed by atoms with Crippen LogP contribution in [-0.2, 0) is 16.0 Å². The van der Waals surface area contributed by atoms with Gasteiger partial charge in [0.05, 0.1) is 25.3 Å². The zero-order chi connectivity index (χ0) is 26.3. The van der Waals surface area contributed by atoms with Gasteiger partial charge < -0.3 is 19.7 Å². The number of hydrogen-bond donors (Lipinski definition) is 2. The number of ketones is 1. The van der Waals surface area contributed by atoms with E-state index in [4.69, 9.17) is 9.47 Å². The minimum absolute atomic E-state index is 0.0424. The summed E-state index contributed by atoms with van der Waals surface area (Å²) < 4.78 is 10.9. The average Bonchev–Trinajstić information content (AvgIpc) is 3.18. The predicted octanol–water partition coefficient (Wildman–Crippen LogP) is 5.48. The van der Waals surface area contributed by atoms with Gasteiger partial charge >= 0.3 is 0 Å². The van der Waals surface area contributed by atoms with Gasteiger partial charge in [-0.1, -0.05) is 32.0 Å². The summed E-state index contributed by atoms with van der Waals surface area (Å²) >= 11 is 0. The van der Waals surface area contributed by atoms with E-state index in [2.05, 4.69) is 13.8 Å². The van der Waals surface area contributed by atoms with Crippen LogP contribution in [0.15, 0.2) is 66.2 Å². The number of aryl methyl sites for hydroxylation is 1. The minimum atomic E-state index is -0.950. The van der Waals surface area contributed by atoms with E-state index in [1.54, 1.807) is 42.5 Å². The molecule has 0 bridgehead atoms. The molecule has 5 rings (SSSR count). The summed E-state index contributed by atoms with van der Waals surface area (Å²) in [5.74, 6) is -0.631. The number of methoxy groups -OCH3 is 1. The molecule has 37 heavy (non-hydrogen) atoms. The summed E-state index contributed by atoms with van der Waals surface area (Å²) in [6.45, 7) is 4.79. The highest BCUT2D eigenvalue weighted by Gasteiger charge is 2.47. The zero-order valence-corrected chi connectivity index (χ0v) is 21.0. The van der Waals surface area contributed by atoms with Gasteiger partial charge in [0, 0.05) is 11.3 Å². The number of aliphatic hydroxyl groups is 1. The van der Waals surface area contributed by atoms with Crippen LogP contribution in [0.5, 0.6) is 17.2 Å². The third-order valence-corrected chi connectivity index (χ3v) is 6.98. The fourth-order valence-electron chi connectivity index (χ4n) is 4.97. The summed E-state index contributed by atoms with van der Waals surface area (Å²) in [7, 11) is 1.44. The van der Waals surface area contributed by atoms with E-state index in [0.29, 0.717) is 29.3 Å². The fourth-order valence-corrected chi connectivity index (χ4v) is 4.97. The van der Waals surface area contributed by atoms with Gasteiger partial charge in [0.25, 0.3) is 11.7 Å². The van der Waals surface area contributed by atoms with Crippen LogP contribution in [0.4, 0.5) is 5.69 Å². The van der Waals surface area contributed by atoms with E-state index in [9.17, 15) is 19.8 Å². The first-order chi connectivity index (χ1) is 17.8. The third kappa shape index (κ3) is 4.31. The Morgan fingerprint density at radius 2 is 1.81 bits per heavy atom. The maximum Gasteiger partial charge on any atom is 0.300 e. The lowest BCUT2D eigenvalue weighted by Crippen LogP contribution is -2.29. The number of anilines is 1. The Morgan fingerprint density at radius 1 is 1.05 bits per heavy atom. The number of Topliss-reactive ketones (excluding diaryl/α,β-unsaturated/α-hetero) is 1. The maximum atomic E-state index is 13.4. The van der Waals surface area contributed by atoms with Gasteiger partial charge in [-0.2, -0.15) is 0 Å². The smallest absolute Gasteiger partial charge is 0.300 e. The molecule has 1 saturated heterocycles. The largest absolute Gasteiger partial charge is 0.507 e. The number of carbonyl (C=O) groups excluding carboxylic acids is 2. The average molecular weight is 500 g/mol. The van der Waals surface area contributed by atoms with Crippen LogP contribution in [0.3, 0.4) is 0 Å². The standard InChI is InChI=1S/C30H29NO6/c1-17(2)18-6-10-22(11-7-18)31-27(20-8-13-25(36-3)23(32)16-20)26(29(34)30(31)35)28(33)21-9-12-24-19(15-21)5-4-14-37-24/h6-13,15-17,27,32-33H,4-5,14H2,1-3H3/b28-26-. The van der Waals surface area contributed by atoms with Crippen molar-refractivity contribution in [1.29, 1.82) is 0 Å². The lowest BCUT2D eigenvalue weighted by molar-refractivity contribution is -0.132. The highest BCUT2D eigenvalue weighted by atomic mass is 16.5. The van der Waals surface area contributed by atoms with Crippen LogP contribution in [0.2, 0.25) is 0 Å². The Morgan fingerprint density at radius 3 is 2.49 bits per heavy atom. The topological polar surface area (TPSA) is 96.3 Å². The Kier molecular flexibility index (Phi) is 6.38. The molecule has 1 atom stereocenters. The Labute approximate surface area is 215 Å². The molecular weight excluding hydrogens is 470 g/mol. The summed E-state index contributed by atoms with van der Waals surface area (Å²) in [6.07, 6.45) is 1.65. The molecule has 1 amide bonds. The van der Waals surface area contributed by atoms with Crippen LogP contribution in [0, 0.1) is 0 Å². The minimum Gasteiger partial charge on any atom is -0.507 e. The Hall–Kier alpha value is -4.26. The maximum absolute atomic E-state index is 13.4. The van der Waals surface area contributed by atoms with Gasteiger partial charge in [-0.25, -0.2) is 0 Å². The van der Waals surface area contributed by atoms with Crippen molar-refractivity contribution in [2.75, 3.05) is 18.6 Å². The normalized spacial score (nSPS) is 18.6. The molecule has 0 saturated carbocycles.